The van der Waals surface area contributed by atoms with Gasteiger partial charge in [-0.25, -0.2) is 0 Å². The van der Waals surface area contributed by atoms with Crippen LogP contribution in [0, 0.1) is 0 Å². The molecule has 2 saturated heterocycles. The summed E-state index contributed by atoms with van der Waals surface area (Å²) in [7, 11) is 0. The summed E-state index contributed by atoms with van der Waals surface area (Å²) in [6.45, 7) is 8.83. The van der Waals surface area contributed by atoms with Gasteiger partial charge < -0.3 is 9.80 Å². The fraction of sp³-hybridized carbons (Fsp3) is 0.423. The molecular formula is C26H32N6O2. The summed E-state index contributed by atoms with van der Waals surface area (Å²) in [6.07, 6.45) is 0. The summed E-state index contributed by atoms with van der Waals surface area (Å²) in [5, 5.41) is 8.04. The lowest BCUT2D eigenvalue weighted by molar-refractivity contribution is -0.138. The SMILES string of the molecule is CC(C(=O)N1CCN(Cc2ccccc2)CC1)N1CCN(C(=O)c2n[nH]c3ccccc23)CC1. The van der Waals surface area contributed by atoms with Crippen LogP contribution in [0.15, 0.2) is 54.6 Å². The molecule has 0 bridgehead atoms. The second kappa shape index (κ2) is 9.95. The number of piperazine rings is 2. The molecule has 1 N–H and O–H groups in total. The summed E-state index contributed by atoms with van der Waals surface area (Å²) >= 11 is 0. The van der Waals surface area contributed by atoms with Crippen molar-refractivity contribution in [2.45, 2.75) is 19.5 Å². The predicted molar refractivity (Wildman–Crippen MR) is 131 cm³/mol. The number of hydrogen-bond acceptors (Lipinski definition) is 5. The first-order valence-electron chi connectivity index (χ1n) is 12.1. The highest BCUT2D eigenvalue weighted by atomic mass is 16.2. The smallest absolute Gasteiger partial charge is 0.275 e. The highest BCUT2D eigenvalue weighted by Gasteiger charge is 2.32. The number of para-hydroxylation sites is 1. The molecule has 0 aliphatic carbocycles. The Morgan fingerprint density at radius 2 is 1.50 bits per heavy atom. The molecule has 1 aromatic heterocycles. The summed E-state index contributed by atoms with van der Waals surface area (Å²) < 4.78 is 0. The van der Waals surface area contributed by atoms with Crippen molar-refractivity contribution in [3.05, 3.63) is 65.9 Å². The van der Waals surface area contributed by atoms with Crippen LogP contribution in [0.1, 0.15) is 23.0 Å². The molecule has 3 heterocycles. The van der Waals surface area contributed by atoms with Crippen LogP contribution in [0.3, 0.4) is 0 Å². The number of carbonyl (C=O) groups is 2. The quantitative estimate of drug-likeness (QED) is 0.631. The minimum Gasteiger partial charge on any atom is -0.339 e. The molecule has 34 heavy (non-hydrogen) atoms. The number of rotatable bonds is 5. The number of fused-ring (bicyclic) bond motifs is 1. The first kappa shape index (κ1) is 22.6. The Labute approximate surface area is 200 Å². The number of carbonyl (C=O) groups excluding carboxylic acids is 2. The van der Waals surface area contributed by atoms with Crippen LogP contribution in [0.4, 0.5) is 0 Å². The molecule has 2 amide bonds. The minimum atomic E-state index is -0.177. The van der Waals surface area contributed by atoms with E-state index in [0.717, 1.165) is 43.6 Å². The molecule has 1 unspecified atom stereocenters. The predicted octanol–water partition coefficient (Wildman–Crippen LogP) is 2.05. The largest absolute Gasteiger partial charge is 0.339 e. The molecule has 2 aliphatic heterocycles. The van der Waals surface area contributed by atoms with Gasteiger partial charge in [-0.2, -0.15) is 5.10 Å². The number of amides is 2. The summed E-state index contributed by atoms with van der Waals surface area (Å²) in [4.78, 5) is 34.7. The zero-order valence-corrected chi connectivity index (χ0v) is 19.7. The molecule has 8 nitrogen and oxygen atoms in total. The fourth-order valence-electron chi connectivity index (χ4n) is 4.98. The van der Waals surface area contributed by atoms with E-state index in [0.29, 0.717) is 31.9 Å². The van der Waals surface area contributed by atoms with Crippen LogP contribution >= 0.6 is 0 Å². The maximum atomic E-state index is 13.2. The average Bonchev–Trinajstić information content (AvgIpc) is 3.33. The Balaban J connectivity index is 1.11. The van der Waals surface area contributed by atoms with Crippen LogP contribution in [0.2, 0.25) is 0 Å². The van der Waals surface area contributed by atoms with Crippen molar-refractivity contribution in [1.29, 1.82) is 0 Å². The third kappa shape index (κ3) is 4.69. The van der Waals surface area contributed by atoms with Crippen LogP contribution < -0.4 is 0 Å². The lowest BCUT2D eigenvalue weighted by Gasteiger charge is -2.41. The lowest BCUT2D eigenvalue weighted by atomic mass is 10.1. The van der Waals surface area contributed by atoms with Crippen LogP contribution in [0.25, 0.3) is 10.9 Å². The van der Waals surface area contributed by atoms with Gasteiger partial charge in [-0.1, -0.05) is 48.5 Å². The normalized spacial score (nSPS) is 18.9. The van der Waals surface area contributed by atoms with Gasteiger partial charge in [-0.3, -0.25) is 24.5 Å². The van der Waals surface area contributed by atoms with Crippen molar-refractivity contribution < 1.29 is 9.59 Å². The van der Waals surface area contributed by atoms with Gasteiger partial charge in [0.15, 0.2) is 5.69 Å². The number of nitrogens with zero attached hydrogens (tertiary/aromatic N) is 5. The molecule has 2 aromatic carbocycles. The standard InChI is InChI=1S/C26H32N6O2/c1-20(25(33)31-13-11-29(12-14-31)19-21-7-3-2-4-8-21)30-15-17-32(18-16-30)26(34)24-22-9-5-6-10-23(22)27-28-24/h2-10,20H,11-19H2,1H3,(H,27,28). The first-order chi connectivity index (χ1) is 16.6. The Morgan fingerprint density at radius 1 is 0.853 bits per heavy atom. The lowest BCUT2D eigenvalue weighted by Crippen LogP contribution is -2.57. The van der Waals surface area contributed by atoms with Crippen LogP contribution in [-0.4, -0.2) is 100 Å². The Kier molecular flexibility index (Phi) is 6.60. The summed E-state index contributed by atoms with van der Waals surface area (Å²) in [5.41, 5.74) is 2.65. The van der Waals surface area contributed by atoms with Crippen molar-refractivity contribution in [1.82, 2.24) is 29.8 Å². The van der Waals surface area contributed by atoms with Crippen LogP contribution in [0.5, 0.6) is 0 Å². The third-order valence-electron chi connectivity index (χ3n) is 7.11. The Bertz CT molecular complexity index is 1130. The van der Waals surface area contributed by atoms with Gasteiger partial charge >= 0.3 is 0 Å². The van der Waals surface area contributed by atoms with Gasteiger partial charge in [0.1, 0.15) is 0 Å². The zero-order valence-electron chi connectivity index (χ0n) is 19.7. The van der Waals surface area contributed by atoms with E-state index in [9.17, 15) is 9.59 Å². The molecule has 1 atom stereocenters. The molecule has 178 valence electrons. The summed E-state index contributed by atoms with van der Waals surface area (Å²) in [5.74, 6) is 0.142. The van der Waals surface area contributed by atoms with Gasteiger partial charge in [0, 0.05) is 64.3 Å². The van der Waals surface area contributed by atoms with E-state index in [-0.39, 0.29) is 17.9 Å². The first-order valence-corrected chi connectivity index (χ1v) is 12.1. The topological polar surface area (TPSA) is 75.8 Å². The highest BCUT2D eigenvalue weighted by molar-refractivity contribution is 6.04. The van der Waals surface area contributed by atoms with E-state index in [4.69, 9.17) is 0 Å². The molecule has 8 heteroatoms. The van der Waals surface area contributed by atoms with E-state index >= 15 is 0 Å². The van der Waals surface area contributed by atoms with E-state index in [2.05, 4.69) is 44.3 Å². The molecule has 0 radical (unpaired) electrons. The minimum absolute atomic E-state index is 0.0504. The van der Waals surface area contributed by atoms with Gasteiger partial charge in [0.25, 0.3) is 5.91 Å². The average molecular weight is 461 g/mol. The van der Waals surface area contributed by atoms with Gasteiger partial charge in [0.05, 0.1) is 11.6 Å². The Hall–Kier alpha value is -3.23. The number of aromatic nitrogens is 2. The fourth-order valence-corrected chi connectivity index (χ4v) is 4.98. The molecule has 0 spiro atoms. The molecule has 3 aromatic rings. The molecule has 2 aliphatic rings. The number of aromatic amines is 1. The van der Waals surface area contributed by atoms with Gasteiger partial charge in [-0.15, -0.1) is 0 Å². The second-order valence-corrected chi connectivity index (χ2v) is 9.21. The van der Waals surface area contributed by atoms with Crippen molar-refractivity contribution in [2.24, 2.45) is 0 Å². The van der Waals surface area contributed by atoms with E-state index in [1.54, 1.807) is 0 Å². The molecule has 5 rings (SSSR count). The monoisotopic (exact) mass is 460 g/mol. The number of nitrogens with one attached hydrogen (secondary N) is 1. The van der Waals surface area contributed by atoms with Crippen molar-refractivity contribution in [3.63, 3.8) is 0 Å². The van der Waals surface area contributed by atoms with Crippen molar-refractivity contribution in [3.8, 4) is 0 Å². The Morgan fingerprint density at radius 3 is 2.24 bits per heavy atom. The molecule has 0 saturated carbocycles. The maximum absolute atomic E-state index is 13.2. The third-order valence-corrected chi connectivity index (χ3v) is 7.11. The van der Waals surface area contributed by atoms with Crippen LogP contribution in [-0.2, 0) is 11.3 Å². The number of H-pyrrole nitrogens is 1. The van der Waals surface area contributed by atoms with E-state index < -0.39 is 0 Å². The van der Waals surface area contributed by atoms with Gasteiger partial charge in [0.2, 0.25) is 5.91 Å². The maximum Gasteiger partial charge on any atom is 0.275 e. The van der Waals surface area contributed by atoms with Gasteiger partial charge in [-0.05, 0) is 18.6 Å². The van der Waals surface area contributed by atoms with Crippen molar-refractivity contribution in [2.75, 3.05) is 52.4 Å². The molecule has 2 fully saturated rings. The van der Waals surface area contributed by atoms with E-state index in [1.165, 1.54) is 5.56 Å². The highest BCUT2D eigenvalue weighted by Crippen LogP contribution is 2.19. The molecular weight excluding hydrogens is 428 g/mol. The second-order valence-electron chi connectivity index (χ2n) is 9.21. The van der Waals surface area contributed by atoms with E-state index in [1.807, 2.05) is 47.1 Å². The summed E-state index contributed by atoms with van der Waals surface area (Å²) in [6, 6.07) is 18.0. The zero-order chi connectivity index (χ0) is 23.5. The van der Waals surface area contributed by atoms with Crippen molar-refractivity contribution >= 4 is 22.7 Å². The number of benzene rings is 2. The number of hydrogen-bond donors (Lipinski definition) is 1.